The van der Waals surface area contributed by atoms with Gasteiger partial charge in [-0.05, 0) is 6.42 Å². The van der Waals surface area contributed by atoms with Crippen LogP contribution in [0.1, 0.15) is 19.8 Å². The Morgan fingerprint density at radius 3 is 2.71 bits per heavy atom. The fourth-order valence-electron chi connectivity index (χ4n) is 1.12. The molecule has 0 unspecified atom stereocenters. The van der Waals surface area contributed by atoms with Crippen LogP contribution < -0.4 is 16.4 Å². The molecule has 0 atom stereocenters. The van der Waals surface area contributed by atoms with Crippen LogP contribution in [0, 0.1) is 0 Å². The molecule has 0 amide bonds. The van der Waals surface area contributed by atoms with E-state index < -0.39 is 0 Å². The molecule has 5 heteroatoms. The molecule has 1 aromatic rings. The lowest BCUT2D eigenvalue weighted by atomic mass is 10.3. The Labute approximate surface area is 84.1 Å². The molecule has 78 valence electrons. The first-order chi connectivity index (χ1) is 6.79. The standard InChI is InChI=1S/C9H17N5/c1-3-4-5-12-9-7(10)8(11-2)13-6-14-9/h6H,3-5,10H2,1-2H3,(H2,11,12,13,14). The Balaban J connectivity index is 2.66. The van der Waals surface area contributed by atoms with Crippen molar-refractivity contribution in [2.75, 3.05) is 30.0 Å². The molecule has 4 N–H and O–H groups in total. The Morgan fingerprint density at radius 1 is 1.36 bits per heavy atom. The third-order valence-corrected chi connectivity index (χ3v) is 1.94. The van der Waals surface area contributed by atoms with Gasteiger partial charge in [0.1, 0.15) is 12.0 Å². The van der Waals surface area contributed by atoms with Gasteiger partial charge in [-0.15, -0.1) is 0 Å². The Hall–Kier alpha value is -1.52. The summed E-state index contributed by atoms with van der Waals surface area (Å²) in [7, 11) is 1.79. The average molecular weight is 195 g/mol. The smallest absolute Gasteiger partial charge is 0.154 e. The van der Waals surface area contributed by atoms with Gasteiger partial charge in [-0.2, -0.15) is 0 Å². The van der Waals surface area contributed by atoms with E-state index in [4.69, 9.17) is 5.73 Å². The maximum atomic E-state index is 5.83. The quantitative estimate of drug-likeness (QED) is 0.618. The molecule has 0 radical (unpaired) electrons. The van der Waals surface area contributed by atoms with E-state index in [9.17, 15) is 0 Å². The van der Waals surface area contributed by atoms with Gasteiger partial charge in [-0.25, -0.2) is 9.97 Å². The van der Waals surface area contributed by atoms with Gasteiger partial charge in [0.25, 0.3) is 0 Å². The van der Waals surface area contributed by atoms with Crippen molar-refractivity contribution in [3.63, 3.8) is 0 Å². The summed E-state index contributed by atoms with van der Waals surface area (Å²) in [5.74, 6) is 1.37. The normalized spacial score (nSPS) is 9.86. The molecule has 0 aliphatic heterocycles. The van der Waals surface area contributed by atoms with Crippen LogP contribution in [0.3, 0.4) is 0 Å². The highest BCUT2D eigenvalue weighted by atomic mass is 15.1. The van der Waals surface area contributed by atoms with Crippen LogP contribution in [0.2, 0.25) is 0 Å². The first-order valence-electron chi connectivity index (χ1n) is 4.81. The van der Waals surface area contributed by atoms with Gasteiger partial charge in [-0.3, -0.25) is 0 Å². The number of unbranched alkanes of at least 4 members (excludes halogenated alkanes) is 1. The van der Waals surface area contributed by atoms with Crippen LogP contribution in [-0.2, 0) is 0 Å². The highest BCUT2D eigenvalue weighted by molar-refractivity contribution is 5.73. The summed E-state index contributed by atoms with van der Waals surface area (Å²) in [6.45, 7) is 3.03. The van der Waals surface area contributed by atoms with Gasteiger partial charge in [-0.1, -0.05) is 13.3 Å². The second kappa shape index (κ2) is 5.26. The predicted molar refractivity (Wildman–Crippen MR) is 59.4 cm³/mol. The zero-order valence-corrected chi connectivity index (χ0v) is 8.67. The molecule has 0 aromatic carbocycles. The van der Waals surface area contributed by atoms with Gasteiger partial charge >= 0.3 is 0 Å². The summed E-state index contributed by atoms with van der Waals surface area (Å²) in [4.78, 5) is 8.07. The number of hydrogen-bond acceptors (Lipinski definition) is 5. The lowest BCUT2D eigenvalue weighted by Crippen LogP contribution is -2.08. The molecule has 0 bridgehead atoms. The van der Waals surface area contributed by atoms with Crippen LogP contribution in [0.4, 0.5) is 17.3 Å². The molecule has 5 nitrogen and oxygen atoms in total. The number of anilines is 3. The number of hydrogen-bond donors (Lipinski definition) is 3. The van der Waals surface area contributed by atoms with Crippen LogP contribution >= 0.6 is 0 Å². The molecule has 1 heterocycles. The summed E-state index contributed by atoms with van der Waals surface area (Å²) in [5.41, 5.74) is 6.40. The molecule has 0 saturated carbocycles. The van der Waals surface area contributed by atoms with E-state index in [-0.39, 0.29) is 0 Å². The largest absolute Gasteiger partial charge is 0.393 e. The second-order valence-corrected chi connectivity index (χ2v) is 3.01. The predicted octanol–water partition coefficient (Wildman–Crippen LogP) is 1.31. The average Bonchev–Trinajstić information content (AvgIpc) is 2.21. The van der Waals surface area contributed by atoms with Crippen molar-refractivity contribution in [3.05, 3.63) is 6.33 Å². The SMILES string of the molecule is CCCCNc1ncnc(NC)c1N. The van der Waals surface area contributed by atoms with Crippen molar-refractivity contribution < 1.29 is 0 Å². The van der Waals surface area contributed by atoms with E-state index >= 15 is 0 Å². The number of nitrogens with one attached hydrogen (secondary N) is 2. The Kier molecular flexibility index (Phi) is 3.97. The minimum absolute atomic E-state index is 0.575. The molecular formula is C9H17N5. The summed E-state index contributed by atoms with van der Waals surface area (Å²) in [5, 5.41) is 6.08. The van der Waals surface area contributed by atoms with Crippen molar-refractivity contribution in [2.24, 2.45) is 0 Å². The minimum atomic E-state index is 0.575. The molecule has 1 rings (SSSR count). The molecule has 0 saturated heterocycles. The van der Waals surface area contributed by atoms with E-state index in [0.29, 0.717) is 17.3 Å². The number of nitrogens with zero attached hydrogens (tertiary/aromatic N) is 2. The second-order valence-electron chi connectivity index (χ2n) is 3.01. The minimum Gasteiger partial charge on any atom is -0.393 e. The summed E-state index contributed by atoms with van der Waals surface area (Å²) in [6.07, 6.45) is 3.76. The third-order valence-electron chi connectivity index (χ3n) is 1.94. The summed E-state index contributed by atoms with van der Waals surface area (Å²) in [6, 6.07) is 0. The van der Waals surface area contributed by atoms with E-state index in [0.717, 1.165) is 19.4 Å². The zero-order chi connectivity index (χ0) is 10.4. The van der Waals surface area contributed by atoms with Crippen LogP contribution in [0.5, 0.6) is 0 Å². The highest BCUT2D eigenvalue weighted by Gasteiger charge is 2.04. The molecule has 0 fully saturated rings. The van der Waals surface area contributed by atoms with E-state index in [2.05, 4.69) is 27.5 Å². The number of rotatable bonds is 5. The van der Waals surface area contributed by atoms with Gasteiger partial charge in [0.2, 0.25) is 0 Å². The maximum Gasteiger partial charge on any atom is 0.154 e. The first-order valence-corrected chi connectivity index (χ1v) is 4.81. The lowest BCUT2D eigenvalue weighted by Gasteiger charge is -2.09. The first kappa shape index (κ1) is 10.6. The molecule has 1 aromatic heterocycles. The van der Waals surface area contributed by atoms with Crippen molar-refractivity contribution in [1.29, 1.82) is 0 Å². The van der Waals surface area contributed by atoms with Gasteiger partial charge in [0, 0.05) is 13.6 Å². The van der Waals surface area contributed by atoms with Gasteiger partial charge in [0.05, 0.1) is 0 Å². The van der Waals surface area contributed by atoms with Crippen molar-refractivity contribution in [3.8, 4) is 0 Å². The molecular weight excluding hydrogens is 178 g/mol. The topological polar surface area (TPSA) is 75.9 Å². The van der Waals surface area contributed by atoms with Gasteiger partial charge in [0.15, 0.2) is 11.6 Å². The van der Waals surface area contributed by atoms with E-state index in [1.54, 1.807) is 7.05 Å². The summed E-state index contributed by atoms with van der Waals surface area (Å²) < 4.78 is 0. The van der Waals surface area contributed by atoms with Crippen molar-refractivity contribution >= 4 is 17.3 Å². The highest BCUT2D eigenvalue weighted by Crippen LogP contribution is 2.21. The van der Waals surface area contributed by atoms with E-state index in [1.807, 2.05) is 0 Å². The maximum absolute atomic E-state index is 5.83. The number of nitrogens with two attached hydrogens (primary N) is 1. The monoisotopic (exact) mass is 195 g/mol. The Bertz CT molecular complexity index is 287. The molecule has 0 spiro atoms. The third kappa shape index (κ3) is 2.48. The molecule has 0 aliphatic carbocycles. The van der Waals surface area contributed by atoms with Crippen LogP contribution in [0.15, 0.2) is 6.33 Å². The lowest BCUT2D eigenvalue weighted by molar-refractivity contribution is 0.831. The van der Waals surface area contributed by atoms with Crippen LogP contribution in [-0.4, -0.2) is 23.6 Å². The summed E-state index contributed by atoms with van der Waals surface area (Å²) >= 11 is 0. The van der Waals surface area contributed by atoms with Crippen LogP contribution in [0.25, 0.3) is 0 Å². The Morgan fingerprint density at radius 2 is 2.07 bits per heavy atom. The zero-order valence-electron chi connectivity index (χ0n) is 8.67. The van der Waals surface area contributed by atoms with E-state index in [1.165, 1.54) is 6.33 Å². The van der Waals surface area contributed by atoms with Crippen molar-refractivity contribution in [2.45, 2.75) is 19.8 Å². The number of aromatic nitrogens is 2. The van der Waals surface area contributed by atoms with Gasteiger partial charge < -0.3 is 16.4 Å². The van der Waals surface area contributed by atoms with Crippen molar-refractivity contribution in [1.82, 2.24) is 9.97 Å². The fraction of sp³-hybridized carbons (Fsp3) is 0.556. The number of nitrogen functional groups attached to an aromatic ring is 1. The molecule has 14 heavy (non-hydrogen) atoms. The fourth-order valence-corrected chi connectivity index (χ4v) is 1.12. The molecule has 0 aliphatic rings.